The van der Waals surface area contributed by atoms with Gasteiger partial charge in [-0.2, -0.15) is 4.98 Å². The number of aromatic nitrogens is 3. The molecule has 2 aromatic heterocycles. The molecule has 3 heterocycles. The van der Waals surface area contributed by atoms with Crippen molar-refractivity contribution >= 4 is 5.91 Å². The highest BCUT2D eigenvalue weighted by atomic mass is 16.5. The van der Waals surface area contributed by atoms with Crippen molar-refractivity contribution < 1.29 is 18.8 Å². The molecule has 0 radical (unpaired) electrons. The van der Waals surface area contributed by atoms with E-state index in [4.69, 9.17) is 14.0 Å². The molecule has 1 amide bonds. The summed E-state index contributed by atoms with van der Waals surface area (Å²) in [6.45, 7) is 0.606. The Balaban J connectivity index is 1.58. The van der Waals surface area contributed by atoms with Gasteiger partial charge in [0.1, 0.15) is 17.5 Å². The molecule has 0 bridgehead atoms. The van der Waals surface area contributed by atoms with Crippen molar-refractivity contribution in [2.24, 2.45) is 0 Å². The topological polar surface area (TPSA) is 90.6 Å². The average molecular weight is 366 g/mol. The zero-order valence-corrected chi connectivity index (χ0v) is 15.0. The van der Waals surface area contributed by atoms with Gasteiger partial charge in [-0.1, -0.05) is 5.16 Å². The van der Waals surface area contributed by atoms with Crippen LogP contribution in [-0.2, 0) is 0 Å². The summed E-state index contributed by atoms with van der Waals surface area (Å²) < 4.78 is 16.0. The van der Waals surface area contributed by atoms with Gasteiger partial charge in [0.25, 0.3) is 5.91 Å². The third-order valence-corrected chi connectivity index (χ3v) is 4.56. The Morgan fingerprint density at radius 3 is 2.81 bits per heavy atom. The van der Waals surface area contributed by atoms with Gasteiger partial charge >= 0.3 is 0 Å². The van der Waals surface area contributed by atoms with E-state index in [9.17, 15) is 4.79 Å². The number of nitrogens with zero attached hydrogens (tertiary/aromatic N) is 4. The lowest BCUT2D eigenvalue weighted by Crippen LogP contribution is -2.45. The smallest absolute Gasteiger partial charge is 0.258 e. The van der Waals surface area contributed by atoms with Crippen LogP contribution in [0.15, 0.2) is 47.2 Å². The van der Waals surface area contributed by atoms with Crippen molar-refractivity contribution in [3.05, 3.63) is 54.2 Å². The maximum absolute atomic E-state index is 13.0. The van der Waals surface area contributed by atoms with Crippen LogP contribution in [-0.4, -0.2) is 46.7 Å². The standard InChI is InChI=1S/C19H18N4O4/c1-25-13-5-6-16(26-2)14(10-13)19(24)23-9-7-15(23)18-21-17(22-27-18)12-4-3-8-20-11-12/h3-6,8,10-11,15H,7,9H2,1-2H3/t15-/m1/s1. The predicted octanol–water partition coefficient (Wildman–Crippen LogP) is 2.74. The van der Waals surface area contributed by atoms with Gasteiger partial charge in [0.2, 0.25) is 11.7 Å². The second kappa shape index (κ2) is 7.06. The molecular formula is C19H18N4O4. The molecule has 0 saturated carbocycles. The molecule has 1 aliphatic rings. The van der Waals surface area contributed by atoms with E-state index in [0.717, 1.165) is 12.0 Å². The van der Waals surface area contributed by atoms with E-state index in [1.54, 1.807) is 48.7 Å². The second-order valence-corrected chi connectivity index (χ2v) is 6.07. The summed E-state index contributed by atoms with van der Waals surface area (Å²) >= 11 is 0. The van der Waals surface area contributed by atoms with Crippen molar-refractivity contribution in [3.63, 3.8) is 0 Å². The Morgan fingerprint density at radius 2 is 2.15 bits per heavy atom. The fourth-order valence-electron chi connectivity index (χ4n) is 3.01. The van der Waals surface area contributed by atoms with Gasteiger partial charge < -0.3 is 18.9 Å². The number of carbonyl (C=O) groups excluding carboxylic acids is 1. The van der Waals surface area contributed by atoms with Gasteiger partial charge in [0.15, 0.2) is 0 Å². The summed E-state index contributed by atoms with van der Waals surface area (Å²) in [7, 11) is 3.09. The Hall–Kier alpha value is -3.42. The Bertz CT molecular complexity index is 957. The second-order valence-electron chi connectivity index (χ2n) is 6.07. The quantitative estimate of drug-likeness (QED) is 0.686. The summed E-state index contributed by atoms with van der Waals surface area (Å²) in [5, 5.41) is 4.01. The van der Waals surface area contributed by atoms with Crippen molar-refractivity contribution in [1.82, 2.24) is 20.0 Å². The number of rotatable bonds is 5. The number of ether oxygens (including phenoxy) is 2. The van der Waals surface area contributed by atoms with Gasteiger partial charge in [-0.15, -0.1) is 0 Å². The highest BCUT2D eigenvalue weighted by Crippen LogP contribution is 2.36. The molecule has 1 aromatic carbocycles. The minimum Gasteiger partial charge on any atom is -0.497 e. The third-order valence-electron chi connectivity index (χ3n) is 4.56. The van der Waals surface area contributed by atoms with Crippen LogP contribution in [0.5, 0.6) is 11.5 Å². The van der Waals surface area contributed by atoms with Crippen LogP contribution in [0.1, 0.15) is 28.7 Å². The molecule has 8 heteroatoms. The van der Waals surface area contributed by atoms with Crippen LogP contribution in [0.4, 0.5) is 0 Å². The lowest BCUT2D eigenvalue weighted by molar-refractivity contribution is 0.0375. The van der Waals surface area contributed by atoms with E-state index in [2.05, 4.69) is 15.1 Å². The molecule has 0 N–H and O–H groups in total. The van der Waals surface area contributed by atoms with Crippen LogP contribution in [0.3, 0.4) is 0 Å². The number of methoxy groups -OCH3 is 2. The molecule has 4 rings (SSSR count). The van der Waals surface area contributed by atoms with E-state index < -0.39 is 0 Å². The maximum atomic E-state index is 13.0. The number of pyridine rings is 1. The summed E-state index contributed by atoms with van der Waals surface area (Å²) in [6, 6.07) is 8.54. The molecule has 27 heavy (non-hydrogen) atoms. The largest absolute Gasteiger partial charge is 0.497 e. The molecule has 1 aliphatic heterocycles. The first kappa shape index (κ1) is 17.0. The molecule has 8 nitrogen and oxygen atoms in total. The zero-order chi connectivity index (χ0) is 18.8. The molecular weight excluding hydrogens is 348 g/mol. The van der Waals surface area contributed by atoms with E-state index in [1.165, 1.54) is 7.11 Å². The van der Waals surface area contributed by atoms with Crippen LogP contribution < -0.4 is 9.47 Å². The predicted molar refractivity (Wildman–Crippen MR) is 95.5 cm³/mol. The SMILES string of the molecule is COc1ccc(OC)c(C(=O)N2CC[C@@H]2c2nc(-c3cccnc3)no2)c1. The van der Waals surface area contributed by atoms with Gasteiger partial charge in [0, 0.05) is 24.5 Å². The number of benzene rings is 1. The van der Waals surface area contributed by atoms with E-state index >= 15 is 0 Å². The van der Waals surface area contributed by atoms with Crippen molar-refractivity contribution in [2.75, 3.05) is 20.8 Å². The summed E-state index contributed by atoms with van der Waals surface area (Å²) in [5.41, 5.74) is 1.20. The summed E-state index contributed by atoms with van der Waals surface area (Å²) in [6.07, 6.45) is 4.10. The number of hydrogen-bond acceptors (Lipinski definition) is 7. The Kier molecular flexibility index (Phi) is 4.45. The first-order valence-electron chi connectivity index (χ1n) is 8.48. The first-order valence-corrected chi connectivity index (χ1v) is 8.48. The summed E-state index contributed by atoms with van der Waals surface area (Å²) in [4.78, 5) is 23.2. The molecule has 1 fully saturated rings. The van der Waals surface area contributed by atoms with Gasteiger partial charge in [-0.3, -0.25) is 9.78 Å². The molecule has 3 aromatic rings. The fourth-order valence-corrected chi connectivity index (χ4v) is 3.01. The maximum Gasteiger partial charge on any atom is 0.258 e. The van der Waals surface area contributed by atoms with E-state index in [0.29, 0.717) is 35.3 Å². The lowest BCUT2D eigenvalue weighted by Gasteiger charge is -2.38. The summed E-state index contributed by atoms with van der Waals surface area (Å²) in [5.74, 6) is 1.79. The number of amides is 1. The number of carbonyl (C=O) groups is 1. The van der Waals surface area contributed by atoms with Crippen LogP contribution >= 0.6 is 0 Å². The van der Waals surface area contributed by atoms with Gasteiger partial charge in [-0.05, 0) is 36.8 Å². The molecule has 0 unspecified atom stereocenters. The monoisotopic (exact) mass is 366 g/mol. The van der Waals surface area contributed by atoms with Crippen molar-refractivity contribution in [3.8, 4) is 22.9 Å². The molecule has 0 aliphatic carbocycles. The van der Waals surface area contributed by atoms with Gasteiger partial charge in [-0.25, -0.2) is 0 Å². The first-order chi connectivity index (χ1) is 13.2. The molecule has 0 spiro atoms. The van der Waals surface area contributed by atoms with E-state index in [-0.39, 0.29) is 11.9 Å². The lowest BCUT2D eigenvalue weighted by atomic mass is 10.0. The zero-order valence-electron chi connectivity index (χ0n) is 15.0. The van der Waals surface area contributed by atoms with E-state index in [1.807, 2.05) is 6.07 Å². The third kappa shape index (κ3) is 3.10. The highest BCUT2D eigenvalue weighted by molar-refractivity contribution is 5.98. The molecule has 1 saturated heterocycles. The van der Waals surface area contributed by atoms with Crippen LogP contribution in [0, 0.1) is 0 Å². The molecule has 138 valence electrons. The van der Waals surface area contributed by atoms with Crippen molar-refractivity contribution in [1.29, 1.82) is 0 Å². The Labute approximate surface area is 155 Å². The Morgan fingerprint density at radius 1 is 1.26 bits per heavy atom. The minimum absolute atomic E-state index is 0.164. The van der Waals surface area contributed by atoms with Crippen LogP contribution in [0.25, 0.3) is 11.4 Å². The molecule has 1 atom stereocenters. The van der Waals surface area contributed by atoms with Gasteiger partial charge in [0.05, 0.1) is 19.8 Å². The number of hydrogen-bond donors (Lipinski definition) is 0. The average Bonchev–Trinajstić information content (AvgIpc) is 3.16. The fraction of sp³-hybridized carbons (Fsp3) is 0.263. The number of likely N-dealkylation sites (tertiary alicyclic amines) is 1. The van der Waals surface area contributed by atoms with Crippen LogP contribution in [0.2, 0.25) is 0 Å². The van der Waals surface area contributed by atoms with Crippen molar-refractivity contribution in [2.45, 2.75) is 12.5 Å². The normalized spacial score (nSPS) is 15.9. The highest BCUT2D eigenvalue weighted by Gasteiger charge is 2.39. The minimum atomic E-state index is -0.258.